The van der Waals surface area contributed by atoms with Gasteiger partial charge in [0.25, 0.3) is 5.91 Å². The average molecular weight is 571 g/mol. The van der Waals surface area contributed by atoms with Crippen LogP contribution in [0.3, 0.4) is 0 Å². The van der Waals surface area contributed by atoms with Gasteiger partial charge in [0.1, 0.15) is 23.7 Å². The highest BCUT2D eigenvalue weighted by molar-refractivity contribution is 6.30. The first kappa shape index (κ1) is 27.8. The number of alkyl halides is 3. The number of rotatable bonds is 8. The topological polar surface area (TPSA) is 58.9 Å². The quantitative estimate of drug-likeness (QED) is 0.238. The molecule has 3 heterocycles. The Bertz CT molecular complexity index is 1460. The zero-order valence-electron chi connectivity index (χ0n) is 22.0. The zero-order chi connectivity index (χ0) is 28.3. The zero-order valence-corrected chi connectivity index (χ0v) is 22.8. The maximum absolute atomic E-state index is 12.9. The number of anilines is 1. The predicted molar refractivity (Wildman–Crippen MR) is 149 cm³/mol. The van der Waals surface area contributed by atoms with Gasteiger partial charge in [0.15, 0.2) is 0 Å². The van der Waals surface area contributed by atoms with Crippen molar-refractivity contribution >= 4 is 28.8 Å². The number of fused-ring (bicyclic) bond motifs is 1. The molecule has 1 aliphatic heterocycles. The Hall–Kier alpha value is -3.72. The molecule has 0 radical (unpaired) electrons. The Balaban J connectivity index is 1.09. The highest BCUT2D eigenvalue weighted by atomic mass is 35.5. The Kier molecular flexibility index (Phi) is 8.21. The van der Waals surface area contributed by atoms with Gasteiger partial charge in [0.05, 0.1) is 22.8 Å². The van der Waals surface area contributed by atoms with E-state index in [0.717, 1.165) is 37.2 Å². The molecule has 1 amide bonds. The van der Waals surface area contributed by atoms with Gasteiger partial charge >= 0.3 is 6.18 Å². The lowest BCUT2D eigenvalue weighted by Crippen LogP contribution is -2.32. The number of aromatic nitrogens is 2. The second-order valence-corrected chi connectivity index (χ2v) is 10.3. The molecular weight excluding hydrogens is 541 g/mol. The summed E-state index contributed by atoms with van der Waals surface area (Å²) >= 11 is 6.12. The van der Waals surface area contributed by atoms with Crippen LogP contribution in [0.5, 0.6) is 5.75 Å². The molecule has 5 rings (SSSR count). The van der Waals surface area contributed by atoms with Gasteiger partial charge in [-0.3, -0.25) is 9.20 Å². The van der Waals surface area contributed by atoms with E-state index in [4.69, 9.17) is 16.3 Å². The van der Waals surface area contributed by atoms with Crippen molar-refractivity contribution in [1.29, 1.82) is 0 Å². The van der Waals surface area contributed by atoms with Crippen molar-refractivity contribution in [2.75, 3.05) is 31.1 Å². The molecule has 2 aromatic carbocycles. The highest BCUT2D eigenvalue weighted by Crippen LogP contribution is 2.34. The Labute approximate surface area is 235 Å². The molecule has 1 N–H and O–H groups in total. The molecule has 210 valence electrons. The lowest BCUT2D eigenvalue weighted by Gasteiger charge is -2.34. The van der Waals surface area contributed by atoms with Crippen LogP contribution in [0.2, 0.25) is 5.02 Å². The summed E-state index contributed by atoms with van der Waals surface area (Å²) in [6, 6.07) is 16.9. The van der Waals surface area contributed by atoms with Gasteiger partial charge in [-0.25, -0.2) is 4.98 Å². The first-order valence-corrected chi connectivity index (χ1v) is 13.7. The van der Waals surface area contributed by atoms with E-state index >= 15 is 0 Å². The average Bonchev–Trinajstić information content (AvgIpc) is 3.33. The van der Waals surface area contributed by atoms with Crippen molar-refractivity contribution < 1.29 is 22.7 Å². The van der Waals surface area contributed by atoms with Gasteiger partial charge in [-0.05, 0) is 79.3 Å². The number of nitrogens with one attached hydrogen (secondary N) is 1. The summed E-state index contributed by atoms with van der Waals surface area (Å²) in [5.74, 6) is 0.723. The van der Waals surface area contributed by atoms with Gasteiger partial charge < -0.3 is 15.0 Å². The standard InChI is InChI=1S/C30H30ClF3N4O2/c1-2-26-28(38-19-23(31)7-12-27(38)36-26)29(39)35-15-18-40-25-10-8-24(9-11-25)37-16-13-21(14-17-37)20-3-5-22(6-4-20)30(32,33)34/h3-12,19,21H,2,13-18H2,1H3,(H,35,39). The fourth-order valence-corrected chi connectivity index (χ4v) is 5.30. The number of amides is 1. The predicted octanol–water partition coefficient (Wildman–Crippen LogP) is 6.76. The SMILES string of the molecule is CCc1nc2ccc(Cl)cn2c1C(=O)NCCOc1ccc(N2CCC(c3ccc(C(F)(F)F)cc3)CC2)cc1. The third-order valence-electron chi connectivity index (χ3n) is 7.27. The van der Waals surface area contributed by atoms with Crippen LogP contribution in [0.1, 0.15) is 53.0 Å². The van der Waals surface area contributed by atoms with Crippen molar-refractivity contribution in [3.8, 4) is 5.75 Å². The summed E-state index contributed by atoms with van der Waals surface area (Å²) in [7, 11) is 0. The number of aryl methyl sites for hydroxylation is 1. The number of halogens is 4. The van der Waals surface area contributed by atoms with E-state index in [1.807, 2.05) is 31.2 Å². The van der Waals surface area contributed by atoms with E-state index in [1.165, 1.54) is 12.1 Å². The van der Waals surface area contributed by atoms with Crippen molar-refractivity contribution in [3.05, 3.63) is 94.4 Å². The highest BCUT2D eigenvalue weighted by Gasteiger charge is 2.30. The van der Waals surface area contributed by atoms with Crippen LogP contribution in [0, 0.1) is 0 Å². The lowest BCUT2D eigenvalue weighted by molar-refractivity contribution is -0.137. The number of nitrogens with zero attached hydrogens (tertiary/aromatic N) is 3. The molecular formula is C30H30ClF3N4O2. The molecule has 0 bridgehead atoms. The summed E-state index contributed by atoms with van der Waals surface area (Å²) in [6.07, 6.45) is -0.246. The molecule has 1 aliphatic rings. The van der Waals surface area contributed by atoms with E-state index in [-0.39, 0.29) is 11.8 Å². The first-order chi connectivity index (χ1) is 19.2. The maximum atomic E-state index is 12.9. The van der Waals surface area contributed by atoms with Gasteiger partial charge in [0, 0.05) is 25.0 Å². The number of carbonyl (C=O) groups is 1. The molecule has 4 aromatic rings. The largest absolute Gasteiger partial charge is 0.492 e. The van der Waals surface area contributed by atoms with Crippen LogP contribution in [0.4, 0.5) is 18.9 Å². The van der Waals surface area contributed by atoms with Crippen molar-refractivity contribution in [3.63, 3.8) is 0 Å². The van der Waals surface area contributed by atoms with Crippen molar-refractivity contribution in [2.24, 2.45) is 0 Å². The second kappa shape index (κ2) is 11.8. The summed E-state index contributed by atoms with van der Waals surface area (Å²) in [5, 5.41) is 3.43. The lowest BCUT2D eigenvalue weighted by atomic mass is 9.89. The summed E-state index contributed by atoms with van der Waals surface area (Å²) in [5.41, 5.74) is 3.28. The summed E-state index contributed by atoms with van der Waals surface area (Å²) < 4.78 is 46.1. The number of carbonyl (C=O) groups excluding carboxylic acids is 1. The Morgan fingerprint density at radius 1 is 1.05 bits per heavy atom. The molecule has 0 saturated carbocycles. The van der Waals surface area contributed by atoms with Gasteiger partial charge in [-0.15, -0.1) is 0 Å². The molecule has 0 aliphatic carbocycles. The number of hydrogen-bond donors (Lipinski definition) is 1. The Morgan fingerprint density at radius 2 is 1.75 bits per heavy atom. The third-order valence-corrected chi connectivity index (χ3v) is 7.49. The maximum Gasteiger partial charge on any atom is 0.416 e. The molecule has 1 fully saturated rings. The van der Waals surface area contributed by atoms with Crippen LogP contribution >= 0.6 is 11.6 Å². The van der Waals surface area contributed by atoms with E-state index < -0.39 is 11.7 Å². The van der Waals surface area contributed by atoms with E-state index in [1.54, 1.807) is 34.9 Å². The van der Waals surface area contributed by atoms with E-state index in [0.29, 0.717) is 47.4 Å². The minimum absolute atomic E-state index is 0.231. The first-order valence-electron chi connectivity index (χ1n) is 13.3. The van der Waals surface area contributed by atoms with Crippen LogP contribution in [-0.2, 0) is 12.6 Å². The molecule has 6 nitrogen and oxygen atoms in total. The van der Waals surface area contributed by atoms with Gasteiger partial charge in [-0.1, -0.05) is 30.7 Å². The van der Waals surface area contributed by atoms with Gasteiger partial charge in [-0.2, -0.15) is 13.2 Å². The van der Waals surface area contributed by atoms with Crippen LogP contribution in [-0.4, -0.2) is 41.5 Å². The number of hydrogen-bond acceptors (Lipinski definition) is 4. The Morgan fingerprint density at radius 3 is 2.40 bits per heavy atom. The molecule has 10 heteroatoms. The number of benzene rings is 2. The minimum Gasteiger partial charge on any atom is -0.492 e. The van der Waals surface area contributed by atoms with E-state index in [2.05, 4.69) is 15.2 Å². The molecule has 0 spiro atoms. The fourth-order valence-electron chi connectivity index (χ4n) is 5.14. The fraction of sp³-hybridized carbons (Fsp3) is 0.333. The van der Waals surface area contributed by atoms with Crippen molar-refractivity contribution in [2.45, 2.75) is 38.3 Å². The molecule has 40 heavy (non-hydrogen) atoms. The van der Waals surface area contributed by atoms with E-state index in [9.17, 15) is 18.0 Å². The molecule has 1 saturated heterocycles. The third kappa shape index (κ3) is 6.20. The molecule has 2 aromatic heterocycles. The smallest absolute Gasteiger partial charge is 0.416 e. The number of piperidine rings is 1. The number of ether oxygens (including phenoxy) is 1. The van der Waals surface area contributed by atoms with Gasteiger partial charge in [0.2, 0.25) is 0 Å². The summed E-state index contributed by atoms with van der Waals surface area (Å²) in [6.45, 7) is 4.24. The van der Waals surface area contributed by atoms with Crippen LogP contribution < -0.4 is 15.0 Å². The van der Waals surface area contributed by atoms with Crippen LogP contribution in [0.15, 0.2) is 66.9 Å². The van der Waals surface area contributed by atoms with Crippen LogP contribution in [0.25, 0.3) is 5.65 Å². The minimum atomic E-state index is -4.31. The second-order valence-electron chi connectivity index (χ2n) is 9.82. The number of pyridine rings is 1. The molecule has 0 unspecified atom stereocenters. The van der Waals surface area contributed by atoms with Crippen molar-refractivity contribution in [1.82, 2.24) is 14.7 Å². The monoisotopic (exact) mass is 570 g/mol. The molecule has 0 atom stereocenters. The summed E-state index contributed by atoms with van der Waals surface area (Å²) in [4.78, 5) is 19.7. The normalized spacial score (nSPS) is 14.5. The number of imidazole rings is 1.